The number of nitriles is 2. The average molecular weight is 333 g/mol. The highest BCUT2D eigenvalue weighted by atomic mass is 16.5. The molecule has 3 N–H and O–H groups in total. The van der Waals surface area contributed by atoms with Gasteiger partial charge in [0.2, 0.25) is 0 Å². The summed E-state index contributed by atoms with van der Waals surface area (Å²) >= 11 is 0. The molecular weight excluding hydrogens is 318 g/mol. The van der Waals surface area contributed by atoms with Gasteiger partial charge in [0, 0.05) is 23.3 Å². The SMILES string of the molecule is COc1ccc(NC(=O)Nc2ccc(NC=C(C#N)C#N)cc2)cc1. The number of nitrogens with one attached hydrogen (secondary N) is 3. The molecule has 124 valence electrons. The lowest BCUT2D eigenvalue weighted by molar-refractivity contribution is 0.262. The van der Waals surface area contributed by atoms with Gasteiger partial charge in [0.05, 0.1) is 7.11 Å². The molecule has 2 aromatic carbocycles. The molecule has 25 heavy (non-hydrogen) atoms. The number of hydrogen-bond donors (Lipinski definition) is 3. The normalized spacial score (nSPS) is 9.08. The minimum absolute atomic E-state index is 0.0268. The number of anilines is 3. The highest BCUT2D eigenvalue weighted by Gasteiger charge is 2.03. The summed E-state index contributed by atoms with van der Waals surface area (Å²) in [5, 5.41) is 25.6. The largest absolute Gasteiger partial charge is 0.497 e. The van der Waals surface area contributed by atoms with Crippen LogP contribution in [0.4, 0.5) is 21.9 Å². The van der Waals surface area contributed by atoms with E-state index in [4.69, 9.17) is 15.3 Å². The van der Waals surface area contributed by atoms with Crippen LogP contribution < -0.4 is 20.7 Å². The van der Waals surface area contributed by atoms with Crippen molar-refractivity contribution in [1.29, 1.82) is 10.5 Å². The molecule has 0 aliphatic heterocycles. The molecule has 0 unspecified atom stereocenters. The highest BCUT2D eigenvalue weighted by Crippen LogP contribution is 2.17. The zero-order chi connectivity index (χ0) is 18.1. The number of nitrogens with zero attached hydrogens (tertiary/aromatic N) is 2. The zero-order valence-corrected chi connectivity index (χ0v) is 13.4. The van der Waals surface area contributed by atoms with Gasteiger partial charge in [-0.15, -0.1) is 0 Å². The summed E-state index contributed by atoms with van der Waals surface area (Å²) in [6.45, 7) is 0. The first kappa shape index (κ1) is 17.4. The van der Waals surface area contributed by atoms with Crippen molar-refractivity contribution < 1.29 is 9.53 Å². The number of carbonyl (C=O) groups excluding carboxylic acids is 1. The molecular formula is C18H15N5O2. The summed E-state index contributed by atoms with van der Waals surface area (Å²) < 4.78 is 5.06. The van der Waals surface area contributed by atoms with E-state index < -0.39 is 0 Å². The summed E-state index contributed by atoms with van der Waals surface area (Å²) in [6, 6.07) is 16.9. The fourth-order valence-corrected chi connectivity index (χ4v) is 1.86. The predicted octanol–water partition coefficient (Wildman–Crippen LogP) is 3.68. The van der Waals surface area contributed by atoms with E-state index in [-0.39, 0.29) is 11.6 Å². The molecule has 2 rings (SSSR count). The van der Waals surface area contributed by atoms with Crippen molar-refractivity contribution in [3.63, 3.8) is 0 Å². The lowest BCUT2D eigenvalue weighted by Gasteiger charge is -2.09. The van der Waals surface area contributed by atoms with E-state index in [2.05, 4.69) is 16.0 Å². The quantitative estimate of drug-likeness (QED) is 0.723. The van der Waals surface area contributed by atoms with Gasteiger partial charge in [-0.2, -0.15) is 10.5 Å². The molecule has 0 saturated carbocycles. The van der Waals surface area contributed by atoms with Crippen LogP contribution >= 0.6 is 0 Å². The van der Waals surface area contributed by atoms with Gasteiger partial charge in [-0.25, -0.2) is 4.79 Å². The van der Waals surface area contributed by atoms with Crippen molar-refractivity contribution in [3.8, 4) is 17.9 Å². The van der Waals surface area contributed by atoms with Crippen molar-refractivity contribution in [2.24, 2.45) is 0 Å². The number of urea groups is 1. The third-order valence-corrected chi connectivity index (χ3v) is 3.11. The van der Waals surface area contributed by atoms with Crippen LogP contribution in [-0.4, -0.2) is 13.1 Å². The Kier molecular flexibility index (Phi) is 5.99. The number of hydrogen-bond acceptors (Lipinski definition) is 5. The minimum atomic E-state index is -0.373. The van der Waals surface area contributed by atoms with Gasteiger partial charge in [-0.05, 0) is 48.5 Å². The van der Waals surface area contributed by atoms with Crippen LogP contribution in [-0.2, 0) is 0 Å². The zero-order valence-electron chi connectivity index (χ0n) is 13.4. The van der Waals surface area contributed by atoms with Gasteiger partial charge < -0.3 is 20.7 Å². The third kappa shape index (κ3) is 5.31. The van der Waals surface area contributed by atoms with Gasteiger partial charge >= 0.3 is 6.03 Å². The Morgan fingerprint density at radius 2 is 1.40 bits per heavy atom. The first-order valence-electron chi connectivity index (χ1n) is 7.23. The van der Waals surface area contributed by atoms with Crippen LogP contribution in [0.2, 0.25) is 0 Å². The standard InChI is InChI=1S/C18H15N5O2/c1-25-17-8-6-16(7-9-17)23-18(24)22-15-4-2-14(3-5-15)21-12-13(10-19)11-20/h2-9,12,21H,1H3,(H2,22,23,24). The van der Waals surface area contributed by atoms with E-state index in [1.165, 1.54) is 6.20 Å². The van der Waals surface area contributed by atoms with E-state index in [1.54, 1.807) is 67.8 Å². The monoisotopic (exact) mass is 333 g/mol. The number of amides is 2. The molecule has 0 bridgehead atoms. The van der Waals surface area contributed by atoms with E-state index in [1.807, 2.05) is 0 Å². The summed E-state index contributed by atoms with van der Waals surface area (Å²) in [5.41, 5.74) is 1.90. The number of rotatable bonds is 5. The third-order valence-electron chi connectivity index (χ3n) is 3.11. The highest BCUT2D eigenvalue weighted by molar-refractivity contribution is 5.99. The number of allylic oxidation sites excluding steroid dienone is 1. The Hall–Kier alpha value is -3.97. The maximum Gasteiger partial charge on any atom is 0.323 e. The summed E-state index contributed by atoms with van der Waals surface area (Å²) in [4.78, 5) is 12.0. The molecule has 0 atom stereocenters. The molecule has 0 radical (unpaired) electrons. The van der Waals surface area contributed by atoms with E-state index in [9.17, 15) is 4.79 Å². The van der Waals surface area contributed by atoms with Gasteiger partial charge in [0.1, 0.15) is 23.5 Å². The first-order valence-corrected chi connectivity index (χ1v) is 7.23. The summed E-state index contributed by atoms with van der Waals surface area (Å²) in [6.07, 6.45) is 1.32. The summed E-state index contributed by atoms with van der Waals surface area (Å²) in [7, 11) is 1.57. The number of methoxy groups -OCH3 is 1. The van der Waals surface area contributed by atoms with Gasteiger partial charge in [0.15, 0.2) is 0 Å². The average Bonchev–Trinajstić information content (AvgIpc) is 2.64. The molecule has 0 aromatic heterocycles. The van der Waals surface area contributed by atoms with E-state index in [0.29, 0.717) is 22.8 Å². The van der Waals surface area contributed by atoms with Crippen molar-refractivity contribution in [3.05, 3.63) is 60.3 Å². The second-order valence-electron chi connectivity index (χ2n) is 4.81. The fourth-order valence-electron chi connectivity index (χ4n) is 1.86. The molecule has 7 nitrogen and oxygen atoms in total. The second-order valence-corrected chi connectivity index (χ2v) is 4.81. The van der Waals surface area contributed by atoms with Crippen LogP contribution in [0.1, 0.15) is 0 Å². The van der Waals surface area contributed by atoms with Crippen molar-refractivity contribution in [2.75, 3.05) is 23.1 Å². The number of carbonyl (C=O) groups is 1. The van der Waals surface area contributed by atoms with E-state index in [0.717, 1.165) is 0 Å². The molecule has 0 spiro atoms. The molecule has 2 aromatic rings. The van der Waals surface area contributed by atoms with Crippen LogP contribution in [0.25, 0.3) is 0 Å². The molecule has 0 heterocycles. The Balaban J connectivity index is 1.92. The number of ether oxygens (including phenoxy) is 1. The van der Waals surface area contributed by atoms with Gasteiger partial charge in [-0.3, -0.25) is 0 Å². The van der Waals surface area contributed by atoms with Gasteiger partial charge in [-0.1, -0.05) is 0 Å². The molecule has 2 amide bonds. The van der Waals surface area contributed by atoms with Crippen LogP contribution in [0.15, 0.2) is 60.3 Å². The van der Waals surface area contributed by atoms with Crippen LogP contribution in [0.5, 0.6) is 5.75 Å². The van der Waals surface area contributed by atoms with Crippen LogP contribution in [0.3, 0.4) is 0 Å². The molecule has 7 heteroatoms. The Morgan fingerprint density at radius 3 is 1.88 bits per heavy atom. The lowest BCUT2D eigenvalue weighted by Crippen LogP contribution is -2.19. The van der Waals surface area contributed by atoms with Crippen molar-refractivity contribution in [2.45, 2.75) is 0 Å². The predicted molar refractivity (Wildman–Crippen MR) is 95.0 cm³/mol. The van der Waals surface area contributed by atoms with Crippen molar-refractivity contribution in [1.82, 2.24) is 0 Å². The second kappa shape index (κ2) is 8.61. The number of benzene rings is 2. The van der Waals surface area contributed by atoms with Crippen molar-refractivity contribution >= 4 is 23.1 Å². The maximum absolute atomic E-state index is 12.0. The Bertz CT molecular complexity index is 827. The summed E-state index contributed by atoms with van der Waals surface area (Å²) in [5.74, 6) is 0.707. The van der Waals surface area contributed by atoms with Gasteiger partial charge in [0.25, 0.3) is 0 Å². The Morgan fingerprint density at radius 1 is 0.920 bits per heavy atom. The Labute approximate surface area is 145 Å². The first-order chi connectivity index (χ1) is 12.1. The maximum atomic E-state index is 12.0. The molecule has 0 fully saturated rings. The topological polar surface area (TPSA) is 110 Å². The van der Waals surface area contributed by atoms with Crippen LogP contribution in [0, 0.1) is 22.7 Å². The smallest absolute Gasteiger partial charge is 0.323 e. The fraction of sp³-hybridized carbons (Fsp3) is 0.0556. The molecule has 0 saturated heterocycles. The lowest BCUT2D eigenvalue weighted by atomic mass is 10.2. The molecule has 0 aliphatic rings. The van der Waals surface area contributed by atoms with E-state index >= 15 is 0 Å². The molecule has 0 aliphatic carbocycles. The minimum Gasteiger partial charge on any atom is -0.497 e.